The molecule has 0 aliphatic heterocycles. The molecule has 11 heteroatoms. The van der Waals surface area contributed by atoms with Crippen LogP contribution in [0.1, 0.15) is 23.7 Å². The van der Waals surface area contributed by atoms with Crippen LogP contribution in [-0.2, 0) is 17.9 Å². The summed E-state index contributed by atoms with van der Waals surface area (Å²) in [5.41, 5.74) is 6.57. The molecule has 2 aromatic carbocycles. The first-order valence-electron chi connectivity index (χ1n) is 13.7. The van der Waals surface area contributed by atoms with Crippen LogP contribution < -0.4 is 14.2 Å². The largest absolute Gasteiger partial charge is 0.497 e. The third-order valence-corrected chi connectivity index (χ3v) is 7.45. The second-order valence-electron chi connectivity index (χ2n) is 10.1. The van der Waals surface area contributed by atoms with Gasteiger partial charge in [-0.25, -0.2) is 14.2 Å². The fourth-order valence-corrected chi connectivity index (χ4v) is 5.18. The van der Waals surface area contributed by atoms with E-state index in [1.807, 2.05) is 72.5 Å². The summed E-state index contributed by atoms with van der Waals surface area (Å²) in [6.07, 6.45) is 7.18. The molecule has 0 saturated carbocycles. The Kier molecular flexibility index (Phi) is 7.37. The minimum atomic E-state index is -0.0585. The quantitative estimate of drug-likeness (QED) is 0.236. The predicted molar refractivity (Wildman–Crippen MR) is 162 cm³/mol. The fourth-order valence-electron chi connectivity index (χ4n) is 5.18. The van der Waals surface area contributed by atoms with Gasteiger partial charge in [0.05, 0.1) is 50.0 Å². The molecule has 4 heterocycles. The summed E-state index contributed by atoms with van der Waals surface area (Å²) < 4.78 is 20.3. The Hall–Kier alpha value is -5.45. The van der Waals surface area contributed by atoms with E-state index >= 15 is 0 Å². The predicted octanol–water partition coefficient (Wildman–Crippen LogP) is 5.01. The van der Waals surface area contributed by atoms with Gasteiger partial charge in [-0.1, -0.05) is 6.07 Å². The smallest absolute Gasteiger partial charge is 0.220 e. The van der Waals surface area contributed by atoms with Crippen molar-refractivity contribution in [3.63, 3.8) is 0 Å². The highest BCUT2D eigenvalue weighted by Gasteiger charge is 2.19. The van der Waals surface area contributed by atoms with Gasteiger partial charge in [0.1, 0.15) is 22.9 Å². The number of ether oxygens (including phenoxy) is 3. The summed E-state index contributed by atoms with van der Waals surface area (Å²) in [5.74, 6) is 1.92. The van der Waals surface area contributed by atoms with Crippen LogP contribution in [0.15, 0.2) is 73.3 Å². The van der Waals surface area contributed by atoms with Crippen LogP contribution in [0.5, 0.6) is 17.2 Å². The van der Waals surface area contributed by atoms with Crippen LogP contribution in [0, 0.1) is 6.92 Å². The molecule has 1 amide bonds. The Bertz CT molecular complexity index is 1960. The average Bonchev–Trinajstić information content (AvgIpc) is 3.61. The molecule has 6 rings (SSSR count). The highest BCUT2D eigenvalue weighted by molar-refractivity contribution is 5.88. The van der Waals surface area contributed by atoms with Gasteiger partial charge in [-0.05, 0) is 48.9 Å². The lowest BCUT2D eigenvalue weighted by Gasteiger charge is -2.23. The van der Waals surface area contributed by atoms with E-state index in [1.54, 1.807) is 50.1 Å². The van der Waals surface area contributed by atoms with Crippen LogP contribution in [0.2, 0.25) is 0 Å². The first-order chi connectivity index (χ1) is 20.9. The number of pyridine rings is 1. The summed E-state index contributed by atoms with van der Waals surface area (Å²) in [5, 5.41) is 10.2. The number of methoxy groups -OCH3 is 3. The summed E-state index contributed by atoms with van der Waals surface area (Å²) in [6.45, 7) is 4.28. The maximum Gasteiger partial charge on any atom is 0.220 e. The van der Waals surface area contributed by atoms with Crippen LogP contribution in [0.3, 0.4) is 0 Å². The molecular weight excluding hydrogens is 546 g/mol. The number of aryl methyl sites for hydroxylation is 1. The Morgan fingerprint density at radius 2 is 1.77 bits per heavy atom. The maximum absolute atomic E-state index is 12.7. The zero-order chi connectivity index (χ0) is 30.1. The molecule has 4 aromatic heterocycles. The van der Waals surface area contributed by atoms with E-state index in [0.29, 0.717) is 30.3 Å². The van der Waals surface area contributed by atoms with E-state index in [1.165, 1.54) is 0 Å². The molecule has 218 valence electrons. The highest BCUT2D eigenvalue weighted by atomic mass is 16.5. The number of hydrogen-bond acceptors (Lipinski definition) is 8. The molecule has 0 fully saturated rings. The van der Waals surface area contributed by atoms with E-state index in [4.69, 9.17) is 24.3 Å². The van der Waals surface area contributed by atoms with Crippen molar-refractivity contribution in [2.24, 2.45) is 0 Å². The minimum absolute atomic E-state index is 0.0585. The van der Waals surface area contributed by atoms with Crippen LogP contribution in [0.4, 0.5) is 0 Å². The number of hydrogen-bond donors (Lipinski definition) is 0. The molecule has 0 aliphatic carbocycles. The van der Waals surface area contributed by atoms with Crippen molar-refractivity contribution in [2.75, 3.05) is 21.3 Å². The lowest BCUT2D eigenvalue weighted by Crippen LogP contribution is -2.28. The molecule has 0 aliphatic rings. The van der Waals surface area contributed by atoms with Gasteiger partial charge < -0.3 is 19.1 Å². The van der Waals surface area contributed by atoms with Gasteiger partial charge in [0.25, 0.3) is 0 Å². The number of aromatic nitrogens is 6. The number of nitrogens with zero attached hydrogens (tertiary/aromatic N) is 7. The molecule has 11 nitrogen and oxygen atoms in total. The third kappa shape index (κ3) is 5.21. The topological polar surface area (TPSA) is 109 Å². The Balaban J connectivity index is 1.34. The molecule has 0 atom stereocenters. The molecule has 43 heavy (non-hydrogen) atoms. The molecule has 0 N–H and O–H groups in total. The van der Waals surface area contributed by atoms with Crippen molar-refractivity contribution in [1.82, 2.24) is 34.3 Å². The van der Waals surface area contributed by atoms with Gasteiger partial charge in [-0.15, -0.1) is 0 Å². The summed E-state index contributed by atoms with van der Waals surface area (Å²) in [7, 11) is 4.84. The van der Waals surface area contributed by atoms with Gasteiger partial charge in [0, 0.05) is 55.6 Å². The van der Waals surface area contributed by atoms with Crippen molar-refractivity contribution in [2.45, 2.75) is 26.9 Å². The normalized spacial score (nSPS) is 11.2. The van der Waals surface area contributed by atoms with Crippen molar-refractivity contribution in [3.05, 3.63) is 90.1 Å². The molecule has 6 aromatic rings. The zero-order valence-electron chi connectivity index (χ0n) is 24.6. The number of rotatable bonds is 9. The van der Waals surface area contributed by atoms with Crippen LogP contribution in [0.25, 0.3) is 33.5 Å². The zero-order valence-corrected chi connectivity index (χ0v) is 24.6. The van der Waals surface area contributed by atoms with Crippen LogP contribution >= 0.6 is 0 Å². The van der Waals surface area contributed by atoms with E-state index in [-0.39, 0.29) is 5.91 Å². The highest BCUT2D eigenvalue weighted by Crippen LogP contribution is 2.32. The van der Waals surface area contributed by atoms with Crippen molar-refractivity contribution in [3.8, 4) is 34.2 Å². The standard InChI is InChI=1S/C32H31N7O4/c1-20-25-16-34-27(26-17-35-38-12-6-11-33-32(26)38)15-29(25)39(36-20)28-10-7-22(13-31(28)43-5)18-37(21(2)40)19-23-8-9-24(41-3)14-30(23)42-4/h6-17H,18-19H2,1-5H3. The van der Waals surface area contributed by atoms with Crippen molar-refractivity contribution in [1.29, 1.82) is 0 Å². The number of benzene rings is 2. The monoisotopic (exact) mass is 577 g/mol. The Morgan fingerprint density at radius 1 is 0.930 bits per heavy atom. The van der Waals surface area contributed by atoms with Gasteiger partial charge >= 0.3 is 0 Å². The molecule has 0 spiro atoms. The number of carbonyl (C=O) groups is 1. The lowest BCUT2D eigenvalue weighted by atomic mass is 10.1. The lowest BCUT2D eigenvalue weighted by molar-refractivity contribution is -0.130. The Morgan fingerprint density at radius 3 is 2.53 bits per heavy atom. The summed E-state index contributed by atoms with van der Waals surface area (Å²) >= 11 is 0. The number of amides is 1. The molecular formula is C32H31N7O4. The molecule has 0 saturated heterocycles. The first-order valence-corrected chi connectivity index (χ1v) is 13.7. The first kappa shape index (κ1) is 27.7. The second-order valence-corrected chi connectivity index (χ2v) is 10.1. The van der Waals surface area contributed by atoms with E-state index in [0.717, 1.165) is 50.3 Å². The molecule has 0 unspecified atom stereocenters. The summed E-state index contributed by atoms with van der Waals surface area (Å²) in [4.78, 5) is 23.6. The number of carbonyl (C=O) groups excluding carboxylic acids is 1. The minimum Gasteiger partial charge on any atom is -0.497 e. The van der Waals surface area contributed by atoms with Gasteiger partial charge in [0.15, 0.2) is 5.65 Å². The van der Waals surface area contributed by atoms with E-state index < -0.39 is 0 Å². The van der Waals surface area contributed by atoms with E-state index in [9.17, 15) is 4.79 Å². The Labute approximate surface area is 248 Å². The third-order valence-electron chi connectivity index (χ3n) is 7.45. The van der Waals surface area contributed by atoms with E-state index in [2.05, 4.69) is 10.1 Å². The fraction of sp³-hybridized carbons (Fsp3) is 0.219. The molecule has 0 bridgehead atoms. The van der Waals surface area contributed by atoms with Gasteiger partial charge in [0.2, 0.25) is 5.91 Å². The maximum atomic E-state index is 12.7. The summed E-state index contributed by atoms with van der Waals surface area (Å²) in [6, 6.07) is 15.3. The second kappa shape index (κ2) is 11.4. The van der Waals surface area contributed by atoms with Gasteiger partial charge in [-0.2, -0.15) is 10.2 Å². The van der Waals surface area contributed by atoms with Crippen molar-refractivity contribution >= 4 is 22.5 Å². The SMILES string of the molecule is COc1ccc(CN(Cc2ccc(-n3nc(C)c4cnc(-c5cnn6cccnc56)cc43)c(OC)c2)C(C)=O)c(OC)c1. The number of fused-ring (bicyclic) bond motifs is 2. The van der Waals surface area contributed by atoms with Gasteiger partial charge in [-0.3, -0.25) is 9.78 Å². The molecule has 0 radical (unpaired) electrons. The average molecular weight is 578 g/mol. The van der Waals surface area contributed by atoms with Crippen molar-refractivity contribution < 1.29 is 19.0 Å². The van der Waals surface area contributed by atoms with Crippen LogP contribution in [-0.4, -0.2) is 61.5 Å².